The molecule has 19 heteroatoms. The van der Waals surface area contributed by atoms with Crippen molar-refractivity contribution in [3.63, 3.8) is 0 Å². The highest BCUT2D eigenvalue weighted by Gasteiger charge is 2.31. The van der Waals surface area contributed by atoms with E-state index in [2.05, 4.69) is 41.5 Å². The van der Waals surface area contributed by atoms with Crippen molar-refractivity contribution in [1.82, 2.24) is 0 Å². The van der Waals surface area contributed by atoms with Gasteiger partial charge in [-0.1, -0.05) is 446 Å². The van der Waals surface area contributed by atoms with Gasteiger partial charge in [-0.3, -0.25) is 37.3 Å². The first-order valence-corrected chi connectivity index (χ1v) is 50.5. The van der Waals surface area contributed by atoms with Gasteiger partial charge in [-0.05, 0) is 37.5 Å². The van der Waals surface area contributed by atoms with Gasteiger partial charge in [0, 0.05) is 25.7 Å². The van der Waals surface area contributed by atoms with Gasteiger partial charge in [-0.2, -0.15) is 0 Å². The Morgan fingerprint density at radius 3 is 0.685 bits per heavy atom. The molecule has 0 aliphatic carbocycles. The number of aliphatic hydroxyl groups excluding tert-OH is 1. The molecule has 0 radical (unpaired) electrons. The first-order valence-electron chi connectivity index (χ1n) is 47.5. The number of hydrogen-bond donors (Lipinski definition) is 3. The SMILES string of the molecule is CCCCCCCCCCCCCCCCCCCCCCCC(=O)OC[C@H](COP(=O)(O)OC[C@@H](O)COP(=O)(O)OC[C@@H](COC(=O)CCCCCCCCC(C)C)OC(=O)CCCCCCCCCCCCCCCCCCCCC)OC(=O)CCCCCCCCCCCCCCCCCCCCC(C)CC. The highest BCUT2D eigenvalue weighted by Crippen LogP contribution is 2.45. The summed E-state index contributed by atoms with van der Waals surface area (Å²) >= 11 is 0. The predicted molar refractivity (Wildman–Crippen MR) is 460 cm³/mol. The molecule has 0 heterocycles. The molecule has 0 aromatic rings. The van der Waals surface area contributed by atoms with E-state index in [4.69, 9.17) is 37.0 Å². The lowest BCUT2D eigenvalue weighted by atomic mass is 9.99. The van der Waals surface area contributed by atoms with Gasteiger partial charge in [-0.25, -0.2) is 9.13 Å². The van der Waals surface area contributed by atoms with Crippen LogP contribution in [0.2, 0.25) is 0 Å². The van der Waals surface area contributed by atoms with Crippen LogP contribution in [0.25, 0.3) is 0 Å². The molecular weight excluding hydrogens is 1440 g/mol. The molecule has 17 nitrogen and oxygen atoms in total. The Hall–Kier alpha value is -1.94. The van der Waals surface area contributed by atoms with Gasteiger partial charge < -0.3 is 33.8 Å². The number of carbonyl (C=O) groups is 4. The van der Waals surface area contributed by atoms with Crippen LogP contribution in [0.15, 0.2) is 0 Å². The van der Waals surface area contributed by atoms with E-state index in [0.29, 0.717) is 31.6 Å². The first kappa shape index (κ1) is 109. The molecular formula is C92H180O17P2. The number of rotatable bonds is 91. The summed E-state index contributed by atoms with van der Waals surface area (Å²) in [6.07, 6.45) is 78.2. The fourth-order valence-electron chi connectivity index (χ4n) is 14.4. The predicted octanol–water partition coefficient (Wildman–Crippen LogP) is 28.6. The van der Waals surface area contributed by atoms with Crippen LogP contribution < -0.4 is 0 Å². The van der Waals surface area contributed by atoms with E-state index in [1.54, 1.807) is 0 Å². The summed E-state index contributed by atoms with van der Waals surface area (Å²) in [5, 5.41) is 10.7. The monoisotopic (exact) mass is 1620 g/mol. The average Bonchev–Trinajstić information content (AvgIpc) is 0.898. The second-order valence-corrected chi connectivity index (χ2v) is 36.7. The van der Waals surface area contributed by atoms with Crippen molar-refractivity contribution in [3.05, 3.63) is 0 Å². The molecule has 0 bridgehead atoms. The molecule has 0 saturated carbocycles. The van der Waals surface area contributed by atoms with Gasteiger partial charge in [0.05, 0.1) is 26.4 Å². The van der Waals surface area contributed by atoms with Gasteiger partial charge in [0.2, 0.25) is 0 Å². The maximum Gasteiger partial charge on any atom is 0.472 e. The smallest absolute Gasteiger partial charge is 0.462 e. The van der Waals surface area contributed by atoms with Crippen LogP contribution in [0.3, 0.4) is 0 Å². The summed E-state index contributed by atoms with van der Waals surface area (Å²) in [5.74, 6) is -0.548. The fraction of sp³-hybridized carbons (Fsp3) is 0.957. The molecule has 3 N–H and O–H groups in total. The number of hydrogen-bond acceptors (Lipinski definition) is 15. The molecule has 0 aromatic heterocycles. The van der Waals surface area contributed by atoms with Crippen molar-refractivity contribution < 1.29 is 80.2 Å². The lowest BCUT2D eigenvalue weighted by Crippen LogP contribution is -2.30. The second-order valence-electron chi connectivity index (χ2n) is 33.8. The first-order chi connectivity index (χ1) is 53.9. The summed E-state index contributed by atoms with van der Waals surface area (Å²) in [6.45, 7) is 9.69. The number of phosphoric ester groups is 2. The zero-order chi connectivity index (χ0) is 81.3. The Bertz CT molecular complexity index is 2120. The fourth-order valence-corrected chi connectivity index (χ4v) is 16.0. The Balaban J connectivity index is 5.19. The van der Waals surface area contributed by atoms with Gasteiger partial charge in [0.1, 0.15) is 19.3 Å². The van der Waals surface area contributed by atoms with Gasteiger partial charge in [0.15, 0.2) is 12.2 Å². The minimum Gasteiger partial charge on any atom is -0.462 e. The summed E-state index contributed by atoms with van der Waals surface area (Å²) in [6, 6.07) is 0. The summed E-state index contributed by atoms with van der Waals surface area (Å²) < 4.78 is 69.0. The van der Waals surface area contributed by atoms with E-state index in [1.165, 1.54) is 308 Å². The summed E-state index contributed by atoms with van der Waals surface area (Å²) in [5.41, 5.74) is 0. The molecule has 660 valence electrons. The van der Waals surface area contributed by atoms with E-state index in [-0.39, 0.29) is 25.7 Å². The normalized spacial score (nSPS) is 14.0. The molecule has 0 aliphatic heterocycles. The van der Waals surface area contributed by atoms with Gasteiger partial charge in [-0.15, -0.1) is 0 Å². The summed E-state index contributed by atoms with van der Waals surface area (Å²) in [7, 11) is -9.93. The van der Waals surface area contributed by atoms with Crippen molar-refractivity contribution in [2.75, 3.05) is 39.6 Å². The van der Waals surface area contributed by atoms with Crippen molar-refractivity contribution in [2.24, 2.45) is 11.8 Å². The van der Waals surface area contributed by atoms with Crippen LogP contribution in [0.5, 0.6) is 0 Å². The Morgan fingerprint density at radius 2 is 0.459 bits per heavy atom. The topological polar surface area (TPSA) is 237 Å². The van der Waals surface area contributed by atoms with E-state index in [9.17, 15) is 43.2 Å². The van der Waals surface area contributed by atoms with Crippen LogP contribution >= 0.6 is 15.6 Å². The quantitative estimate of drug-likeness (QED) is 0.0222. The number of aliphatic hydroxyl groups is 1. The molecule has 111 heavy (non-hydrogen) atoms. The van der Waals surface area contributed by atoms with Crippen LogP contribution in [0.4, 0.5) is 0 Å². The highest BCUT2D eigenvalue weighted by molar-refractivity contribution is 7.47. The van der Waals surface area contributed by atoms with E-state index in [1.807, 2.05) is 0 Å². The lowest BCUT2D eigenvalue weighted by Gasteiger charge is -2.21. The van der Waals surface area contributed by atoms with E-state index >= 15 is 0 Å². The number of ether oxygens (including phenoxy) is 4. The second kappa shape index (κ2) is 83.1. The molecule has 0 amide bonds. The van der Waals surface area contributed by atoms with Crippen LogP contribution in [-0.2, 0) is 65.4 Å². The molecule has 0 spiro atoms. The Kier molecular flexibility index (Phi) is 81.7. The molecule has 6 atom stereocenters. The third-order valence-electron chi connectivity index (χ3n) is 22.1. The van der Waals surface area contributed by atoms with Crippen molar-refractivity contribution in [2.45, 2.75) is 516 Å². The van der Waals surface area contributed by atoms with Gasteiger partial charge in [0.25, 0.3) is 0 Å². The number of unbranched alkanes of at least 4 members (excludes halogenated alkanes) is 60. The maximum atomic E-state index is 13.2. The van der Waals surface area contributed by atoms with Gasteiger partial charge >= 0.3 is 39.5 Å². The Morgan fingerprint density at radius 1 is 0.261 bits per heavy atom. The molecule has 3 unspecified atom stereocenters. The standard InChI is InChI=1S/C92H180O17P2/c1-7-10-12-14-16-18-20-22-24-26-28-29-31-35-39-43-47-51-55-62-68-74-89(94)102-80-87(108-91(96)76-70-64-57-53-49-45-41-37-33-32-34-38-42-46-50-54-61-67-73-85(6)9-3)82-106-110(98,99)104-78-86(93)79-105-111(100,101)107-83-88(81-103-90(95)75-69-63-59-58-60-66-72-84(4)5)109-92(97)77-71-65-56-52-48-44-40-36-30-27-25-23-21-19-17-15-13-11-8-2/h84-88,93H,7-83H2,1-6H3,(H,98,99)(H,100,101)/t85?,86-,87-,88-/m1/s1. The largest absolute Gasteiger partial charge is 0.472 e. The van der Waals surface area contributed by atoms with Crippen LogP contribution in [-0.4, -0.2) is 96.7 Å². The zero-order valence-corrected chi connectivity index (χ0v) is 75.1. The van der Waals surface area contributed by atoms with E-state index < -0.39 is 97.5 Å². The van der Waals surface area contributed by atoms with Crippen molar-refractivity contribution >= 4 is 39.5 Å². The van der Waals surface area contributed by atoms with Crippen LogP contribution in [0, 0.1) is 11.8 Å². The highest BCUT2D eigenvalue weighted by atomic mass is 31.2. The number of phosphoric acid groups is 2. The summed E-state index contributed by atoms with van der Waals surface area (Å²) in [4.78, 5) is 73.4. The lowest BCUT2D eigenvalue weighted by molar-refractivity contribution is -0.161. The van der Waals surface area contributed by atoms with Crippen molar-refractivity contribution in [1.29, 1.82) is 0 Å². The number of carbonyl (C=O) groups excluding carboxylic acids is 4. The zero-order valence-electron chi connectivity index (χ0n) is 73.3. The number of esters is 4. The Labute approximate surface area is 683 Å². The third kappa shape index (κ3) is 84.3. The molecule has 0 fully saturated rings. The molecule has 0 saturated heterocycles. The molecule has 0 rings (SSSR count). The van der Waals surface area contributed by atoms with Crippen LogP contribution in [0.1, 0.15) is 497 Å². The molecule has 0 aromatic carbocycles. The maximum absolute atomic E-state index is 13.2. The van der Waals surface area contributed by atoms with E-state index in [0.717, 1.165) is 102 Å². The average molecular weight is 1620 g/mol. The minimum absolute atomic E-state index is 0.108. The minimum atomic E-state index is -4.97. The third-order valence-corrected chi connectivity index (χ3v) is 24.0. The van der Waals surface area contributed by atoms with Crippen molar-refractivity contribution in [3.8, 4) is 0 Å². The molecule has 0 aliphatic rings.